The lowest BCUT2D eigenvalue weighted by Crippen LogP contribution is -2.32. The van der Waals surface area contributed by atoms with E-state index in [0.717, 1.165) is 11.1 Å². The van der Waals surface area contributed by atoms with Crippen molar-refractivity contribution in [1.29, 1.82) is 0 Å². The van der Waals surface area contributed by atoms with Crippen LogP contribution in [0.25, 0.3) is 0 Å². The van der Waals surface area contributed by atoms with Crippen LogP contribution in [0.3, 0.4) is 0 Å². The number of aryl methyl sites for hydroxylation is 2. The van der Waals surface area contributed by atoms with Crippen molar-refractivity contribution in [3.63, 3.8) is 0 Å². The van der Waals surface area contributed by atoms with Gasteiger partial charge in [0.2, 0.25) is 0 Å². The first-order valence-corrected chi connectivity index (χ1v) is 8.76. The first-order valence-electron chi connectivity index (χ1n) is 8.76. The molecule has 3 rings (SSSR count). The van der Waals surface area contributed by atoms with Gasteiger partial charge in [0.15, 0.2) is 0 Å². The van der Waals surface area contributed by atoms with Crippen LogP contribution >= 0.6 is 0 Å². The van der Waals surface area contributed by atoms with Crippen LogP contribution in [0.4, 0.5) is 5.69 Å². The third-order valence-electron chi connectivity index (χ3n) is 4.81. The molecule has 1 saturated heterocycles. The molecular formula is C20H20N2O6. The van der Waals surface area contributed by atoms with Crippen molar-refractivity contribution < 1.29 is 24.4 Å². The Labute approximate surface area is 161 Å². The van der Waals surface area contributed by atoms with Gasteiger partial charge in [0, 0.05) is 18.2 Å². The van der Waals surface area contributed by atoms with Crippen LogP contribution in [0.1, 0.15) is 21.5 Å². The van der Waals surface area contributed by atoms with Gasteiger partial charge in [-0.3, -0.25) is 19.7 Å². The molecule has 2 aromatic carbocycles. The smallest absolute Gasteiger partial charge is 0.312 e. The zero-order chi connectivity index (χ0) is 20.4. The van der Waals surface area contributed by atoms with Gasteiger partial charge in [-0.25, -0.2) is 0 Å². The number of carbonyl (C=O) groups is 2. The van der Waals surface area contributed by atoms with E-state index in [1.807, 2.05) is 26.0 Å². The number of nitrogens with zero attached hydrogens (tertiary/aromatic N) is 2. The largest absolute Gasteiger partial charge is 0.487 e. The van der Waals surface area contributed by atoms with Crippen molar-refractivity contribution >= 4 is 17.6 Å². The Morgan fingerprint density at radius 1 is 1.18 bits per heavy atom. The first kappa shape index (κ1) is 19.3. The fourth-order valence-corrected chi connectivity index (χ4v) is 3.28. The quantitative estimate of drug-likeness (QED) is 0.627. The van der Waals surface area contributed by atoms with E-state index in [0.29, 0.717) is 5.56 Å². The number of carboxylic acid groups (broad SMARTS) is 1. The highest BCUT2D eigenvalue weighted by atomic mass is 16.6. The topological polar surface area (TPSA) is 110 Å². The highest BCUT2D eigenvalue weighted by molar-refractivity contribution is 5.96. The van der Waals surface area contributed by atoms with E-state index >= 15 is 0 Å². The minimum atomic E-state index is -1.08. The molecule has 2 aromatic rings. The molecule has 0 aromatic heterocycles. The van der Waals surface area contributed by atoms with E-state index in [1.54, 1.807) is 6.07 Å². The van der Waals surface area contributed by atoms with Crippen LogP contribution in [0, 0.1) is 29.9 Å². The van der Waals surface area contributed by atoms with Gasteiger partial charge in [-0.15, -0.1) is 0 Å². The Kier molecular flexibility index (Phi) is 5.30. The molecule has 1 heterocycles. The molecule has 0 unspecified atom stereocenters. The Bertz CT molecular complexity index is 942. The predicted octanol–water partition coefficient (Wildman–Crippen LogP) is 2.82. The second-order valence-electron chi connectivity index (χ2n) is 6.88. The minimum Gasteiger partial charge on any atom is -0.487 e. The average Bonchev–Trinajstić information content (AvgIpc) is 3.07. The molecule has 0 aliphatic carbocycles. The molecule has 0 spiro atoms. The lowest BCUT2D eigenvalue weighted by atomic mass is 10.0. The molecule has 0 radical (unpaired) electrons. The Hall–Kier alpha value is -3.42. The predicted molar refractivity (Wildman–Crippen MR) is 100 cm³/mol. The van der Waals surface area contributed by atoms with Crippen molar-refractivity contribution in [3.8, 4) is 5.75 Å². The molecule has 8 heteroatoms. The molecule has 0 saturated carbocycles. The Morgan fingerprint density at radius 2 is 1.93 bits per heavy atom. The number of aliphatic carboxylic acids is 1. The molecule has 1 N–H and O–H groups in total. The lowest BCUT2D eigenvalue weighted by Gasteiger charge is -2.18. The summed E-state index contributed by atoms with van der Waals surface area (Å²) in [7, 11) is 0. The van der Waals surface area contributed by atoms with Gasteiger partial charge in [-0.1, -0.05) is 23.8 Å². The maximum Gasteiger partial charge on any atom is 0.312 e. The maximum absolute atomic E-state index is 12.9. The second-order valence-corrected chi connectivity index (χ2v) is 6.88. The number of benzene rings is 2. The number of amides is 1. The van der Waals surface area contributed by atoms with Gasteiger partial charge in [0.1, 0.15) is 17.8 Å². The first-order chi connectivity index (χ1) is 13.3. The normalized spacial score (nSPS) is 18.7. The Balaban J connectivity index is 1.82. The van der Waals surface area contributed by atoms with Crippen LogP contribution in [0.5, 0.6) is 5.75 Å². The maximum atomic E-state index is 12.9. The summed E-state index contributed by atoms with van der Waals surface area (Å²) < 4.78 is 5.73. The number of carbonyl (C=O) groups excluding carboxylic acids is 1. The summed E-state index contributed by atoms with van der Waals surface area (Å²) >= 11 is 0. The number of rotatable bonds is 5. The van der Waals surface area contributed by atoms with Gasteiger partial charge in [-0.05, 0) is 31.5 Å². The molecule has 0 bridgehead atoms. The summed E-state index contributed by atoms with van der Waals surface area (Å²) in [6, 6.07) is 11.1. The van der Waals surface area contributed by atoms with Crippen LogP contribution in [0.2, 0.25) is 0 Å². The van der Waals surface area contributed by atoms with Gasteiger partial charge in [0.05, 0.1) is 17.5 Å². The molecule has 1 aliphatic heterocycles. The molecule has 1 fully saturated rings. The third kappa shape index (κ3) is 3.95. The zero-order valence-electron chi connectivity index (χ0n) is 15.5. The number of non-ortho nitro benzene ring substituents is 1. The van der Waals surface area contributed by atoms with E-state index in [1.165, 1.54) is 29.2 Å². The number of hydrogen-bond acceptors (Lipinski definition) is 5. The highest BCUT2D eigenvalue weighted by Crippen LogP contribution is 2.27. The molecule has 28 heavy (non-hydrogen) atoms. The van der Waals surface area contributed by atoms with Gasteiger partial charge >= 0.3 is 5.97 Å². The number of ether oxygens (including phenoxy) is 1. The van der Waals surface area contributed by atoms with E-state index in [9.17, 15) is 24.8 Å². The SMILES string of the molecule is Cc1ccc(C)c(C(=O)N2C[C@@H](Oc3cccc([N+](=O)[O-])c3)[C@H](C(=O)O)C2)c1. The van der Waals surface area contributed by atoms with Crippen molar-refractivity contribution in [2.24, 2.45) is 5.92 Å². The van der Waals surface area contributed by atoms with Crippen molar-refractivity contribution in [2.45, 2.75) is 20.0 Å². The molecule has 2 atom stereocenters. The fraction of sp³-hybridized carbons (Fsp3) is 0.300. The summed E-state index contributed by atoms with van der Waals surface area (Å²) in [5, 5.41) is 20.5. The molecule has 1 aliphatic rings. The second kappa shape index (κ2) is 7.67. The van der Waals surface area contributed by atoms with Crippen molar-refractivity contribution in [3.05, 3.63) is 69.3 Å². The standard InChI is InChI=1S/C20H20N2O6/c1-12-6-7-13(2)16(8-12)19(23)21-10-17(20(24)25)18(11-21)28-15-5-3-4-14(9-15)22(26)27/h3-9,17-18H,10-11H2,1-2H3,(H,24,25)/t17-,18-/m1/s1. The van der Waals surface area contributed by atoms with E-state index in [4.69, 9.17) is 4.74 Å². The van der Waals surface area contributed by atoms with Crippen molar-refractivity contribution in [2.75, 3.05) is 13.1 Å². The van der Waals surface area contributed by atoms with E-state index < -0.39 is 22.9 Å². The van der Waals surface area contributed by atoms with Gasteiger partial charge < -0.3 is 14.7 Å². The third-order valence-corrected chi connectivity index (χ3v) is 4.81. The van der Waals surface area contributed by atoms with Crippen LogP contribution in [0.15, 0.2) is 42.5 Å². The Morgan fingerprint density at radius 3 is 2.61 bits per heavy atom. The zero-order valence-corrected chi connectivity index (χ0v) is 15.5. The number of likely N-dealkylation sites (tertiary alicyclic amines) is 1. The number of nitro groups is 1. The van der Waals surface area contributed by atoms with Crippen LogP contribution in [-0.2, 0) is 4.79 Å². The highest BCUT2D eigenvalue weighted by Gasteiger charge is 2.42. The van der Waals surface area contributed by atoms with Gasteiger partial charge in [-0.2, -0.15) is 0 Å². The monoisotopic (exact) mass is 384 g/mol. The van der Waals surface area contributed by atoms with E-state index in [2.05, 4.69) is 0 Å². The summed E-state index contributed by atoms with van der Waals surface area (Å²) in [5.41, 5.74) is 2.13. The minimum absolute atomic E-state index is 0.0150. The number of hydrogen-bond donors (Lipinski definition) is 1. The summed E-state index contributed by atoms with van der Waals surface area (Å²) in [4.78, 5) is 36.4. The summed E-state index contributed by atoms with van der Waals surface area (Å²) in [6.45, 7) is 3.82. The molecule has 146 valence electrons. The molecular weight excluding hydrogens is 364 g/mol. The summed E-state index contributed by atoms with van der Waals surface area (Å²) in [6.07, 6.45) is -0.798. The van der Waals surface area contributed by atoms with Crippen LogP contribution < -0.4 is 4.74 Å². The van der Waals surface area contributed by atoms with E-state index in [-0.39, 0.29) is 30.4 Å². The molecule has 1 amide bonds. The summed E-state index contributed by atoms with van der Waals surface area (Å²) in [5.74, 6) is -2.05. The van der Waals surface area contributed by atoms with Crippen molar-refractivity contribution in [1.82, 2.24) is 4.90 Å². The van der Waals surface area contributed by atoms with Crippen LogP contribution in [-0.4, -0.2) is 46.0 Å². The fourth-order valence-electron chi connectivity index (χ4n) is 3.28. The number of nitro benzene ring substituents is 1. The average molecular weight is 384 g/mol. The molecule has 8 nitrogen and oxygen atoms in total. The van der Waals surface area contributed by atoms with Gasteiger partial charge in [0.25, 0.3) is 11.6 Å². The lowest BCUT2D eigenvalue weighted by molar-refractivity contribution is -0.384. The number of carboxylic acids is 1.